The first kappa shape index (κ1) is 13.6. The topological polar surface area (TPSA) is 29.9 Å². The molecule has 1 N–H and O–H groups in total. The Labute approximate surface area is 133 Å². The Morgan fingerprint density at radius 1 is 1.30 bits per heavy atom. The second kappa shape index (κ2) is 5.17. The summed E-state index contributed by atoms with van der Waals surface area (Å²) < 4.78 is 22.0. The van der Waals surface area contributed by atoms with Crippen molar-refractivity contribution in [1.82, 2.24) is 9.55 Å². The summed E-state index contributed by atoms with van der Waals surface area (Å²) in [7, 11) is 1.60. The van der Waals surface area contributed by atoms with Crippen LogP contribution in [0.4, 0.5) is 4.39 Å². The maximum absolute atomic E-state index is 13.8. The number of methoxy groups -OCH3 is 1. The van der Waals surface area contributed by atoms with E-state index in [1.165, 1.54) is 6.07 Å². The normalized spacial score (nSPS) is 10.9. The third-order valence-electron chi connectivity index (χ3n) is 3.05. The first-order valence-corrected chi connectivity index (χ1v) is 7.33. The van der Waals surface area contributed by atoms with E-state index in [1.807, 2.05) is 46.9 Å². The van der Waals surface area contributed by atoms with E-state index in [0.717, 1.165) is 11.2 Å². The van der Waals surface area contributed by atoms with Crippen LogP contribution in [-0.4, -0.2) is 16.7 Å². The van der Waals surface area contributed by atoms with Crippen molar-refractivity contribution in [3.63, 3.8) is 0 Å². The Morgan fingerprint density at radius 2 is 2.05 bits per heavy atom. The second-order valence-corrected chi connectivity index (χ2v) is 5.77. The second-order valence-electron chi connectivity index (χ2n) is 4.22. The minimum absolute atomic E-state index is 0.268. The van der Waals surface area contributed by atoms with Crippen molar-refractivity contribution < 1.29 is 9.13 Å². The van der Waals surface area contributed by atoms with Gasteiger partial charge in [0, 0.05) is 6.07 Å². The van der Waals surface area contributed by atoms with E-state index in [2.05, 4.69) is 4.98 Å². The highest BCUT2D eigenvalue weighted by Gasteiger charge is 2.13. The standard InChI is InChI=1S/C14H10FIN2OS/c1-19-13-5-3-2-4-11(13)18-12-6-8(15)9(16)7-10(12)17-14(18)20/h2-7H,1H3,(H,17,20). The molecule has 0 unspecified atom stereocenters. The molecule has 0 atom stereocenters. The van der Waals surface area contributed by atoms with Crippen molar-refractivity contribution in [2.24, 2.45) is 0 Å². The highest BCUT2D eigenvalue weighted by molar-refractivity contribution is 14.1. The molecule has 20 heavy (non-hydrogen) atoms. The smallest absolute Gasteiger partial charge is 0.182 e. The number of ether oxygens (including phenoxy) is 1. The summed E-state index contributed by atoms with van der Waals surface area (Å²) in [6, 6.07) is 10.7. The van der Waals surface area contributed by atoms with Gasteiger partial charge in [0.05, 0.1) is 27.4 Å². The number of nitrogens with zero attached hydrogens (tertiary/aromatic N) is 1. The fourth-order valence-electron chi connectivity index (χ4n) is 2.16. The van der Waals surface area contributed by atoms with Crippen LogP contribution in [0.3, 0.4) is 0 Å². The van der Waals surface area contributed by atoms with E-state index in [9.17, 15) is 4.39 Å². The van der Waals surface area contributed by atoms with Crippen LogP contribution < -0.4 is 4.74 Å². The lowest BCUT2D eigenvalue weighted by Gasteiger charge is -2.10. The molecule has 0 radical (unpaired) electrons. The number of aromatic amines is 1. The number of benzene rings is 2. The van der Waals surface area contributed by atoms with Crippen molar-refractivity contribution in [2.75, 3.05) is 7.11 Å². The predicted octanol–water partition coefficient (Wildman–Crippen LogP) is 4.44. The first-order valence-electron chi connectivity index (χ1n) is 5.85. The molecule has 2 aromatic carbocycles. The summed E-state index contributed by atoms with van der Waals surface area (Å²) in [6.45, 7) is 0. The van der Waals surface area contributed by atoms with Gasteiger partial charge >= 0.3 is 0 Å². The van der Waals surface area contributed by atoms with E-state index in [1.54, 1.807) is 17.7 Å². The maximum atomic E-state index is 13.8. The largest absolute Gasteiger partial charge is 0.495 e. The van der Waals surface area contributed by atoms with Crippen LogP contribution in [0.1, 0.15) is 0 Å². The Balaban J connectivity index is 2.39. The van der Waals surface area contributed by atoms with Crippen LogP contribution >= 0.6 is 34.8 Å². The van der Waals surface area contributed by atoms with Gasteiger partial charge in [-0.3, -0.25) is 4.57 Å². The van der Waals surface area contributed by atoms with E-state index in [-0.39, 0.29) is 5.82 Å². The van der Waals surface area contributed by atoms with Crippen molar-refractivity contribution in [2.45, 2.75) is 0 Å². The molecule has 0 amide bonds. The highest BCUT2D eigenvalue weighted by Crippen LogP contribution is 2.28. The molecule has 102 valence electrons. The molecule has 0 saturated carbocycles. The number of nitrogens with one attached hydrogen (secondary N) is 1. The molecule has 0 aliphatic heterocycles. The van der Waals surface area contributed by atoms with Gasteiger partial charge < -0.3 is 9.72 Å². The Kier molecular flexibility index (Phi) is 3.51. The lowest BCUT2D eigenvalue weighted by atomic mass is 10.2. The van der Waals surface area contributed by atoms with Crippen LogP contribution in [0.5, 0.6) is 5.75 Å². The zero-order valence-electron chi connectivity index (χ0n) is 10.5. The van der Waals surface area contributed by atoms with Crippen molar-refractivity contribution in [3.8, 4) is 11.4 Å². The first-order chi connectivity index (χ1) is 9.61. The Bertz CT molecular complexity index is 856. The quantitative estimate of drug-likeness (QED) is 0.509. The summed E-state index contributed by atoms with van der Waals surface area (Å²) in [5.74, 6) is 0.416. The van der Waals surface area contributed by atoms with Crippen LogP contribution in [0, 0.1) is 14.2 Å². The van der Waals surface area contributed by atoms with Crippen LogP contribution in [0.2, 0.25) is 0 Å². The lowest BCUT2D eigenvalue weighted by molar-refractivity contribution is 0.413. The SMILES string of the molecule is COc1ccccc1-n1c(=S)[nH]c2cc(I)c(F)cc21. The number of imidazole rings is 1. The molecule has 0 spiro atoms. The average Bonchev–Trinajstić information content (AvgIpc) is 2.74. The number of hydrogen-bond acceptors (Lipinski definition) is 2. The Morgan fingerprint density at radius 3 is 2.80 bits per heavy atom. The van der Waals surface area contributed by atoms with E-state index in [4.69, 9.17) is 17.0 Å². The number of aromatic nitrogens is 2. The molecule has 3 nitrogen and oxygen atoms in total. The van der Waals surface area contributed by atoms with Gasteiger partial charge in [-0.2, -0.15) is 0 Å². The summed E-state index contributed by atoms with van der Waals surface area (Å²) >= 11 is 7.32. The van der Waals surface area contributed by atoms with Crippen LogP contribution in [-0.2, 0) is 0 Å². The summed E-state index contributed by atoms with van der Waals surface area (Å²) in [5, 5.41) is 0. The van der Waals surface area contributed by atoms with Gasteiger partial charge in [0.1, 0.15) is 11.6 Å². The third kappa shape index (κ3) is 2.12. The number of hydrogen-bond donors (Lipinski definition) is 1. The van der Waals surface area contributed by atoms with Gasteiger partial charge in [0.2, 0.25) is 0 Å². The van der Waals surface area contributed by atoms with Crippen molar-refractivity contribution in [1.29, 1.82) is 0 Å². The maximum Gasteiger partial charge on any atom is 0.182 e. The number of halogens is 2. The molecular weight excluding hydrogens is 390 g/mol. The fourth-order valence-corrected chi connectivity index (χ4v) is 2.93. The van der Waals surface area contributed by atoms with Gasteiger partial charge in [-0.25, -0.2) is 4.39 Å². The predicted molar refractivity (Wildman–Crippen MR) is 87.7 cm³/mol. The molecule has 0 saturated heterocycles. The van der Waals surface area contributed by atoms with E-state index in [0.29, 0.717) is 19.6 Å². The van der Waals surface area contributed by atoms with Crippen LogP contribution in [0.15, 0.2) is 36.4 Å². The molecule has 0 bridgehead atoms. The number of para-hydroxylation sites is 2. The zero-order valence-corrected chi connectivity index (χ0v) is 13.5. The molecule has 0 aliphatic carbocycles. The van der Waals surface area contributed by atoms with Crippen molar-refractivity contribution in [3.05, 3.63) is 50.6 Å². The summed E-state index contributed by atoms with van der Waals surface area (Å²) in [4.78, 5) is 3.10. The molecule has 6 heteroatoms. The number of rotatable bonds is 2. The van der Waals surface area contributed by atoms with Gasteiger partial charge in [-0.1, -0.05) is 12.1 Å². The van der Waals surface area contributed by atoms with Gasteiger partial charge in [-0.05, 0) is 53.0 Å². The van der Waals surface area contributed by atoms with Crippen molar-refractivity contribution >= 4 is 45.8 Å². The zero-order chi connectivity index (χ0) is 14.3. The third-order valence-corrected chi connectivity index (χ3v) is 4.16. The minimum atomic E-state index is -0.268. The van der Waals surface area contributed by atoms with Gasteiger partial charge in [0.15, 0.2) is 4.77 Å². The van der Waals surface area contributed by atoms with Crippen LogP contribution in [0.25, 0.3) is 16.7 Å². The molecule has 0 aliphatic rings. The van der Waals surface area contributed by atoms with Gasteiger partial charge in [-0.15, -0.1) is 0 Å². The lowest BCUT2D eigenvalue weighted by Crippen LogP contribution is -1.98. The molecule has 3 aromatic rings. The Hall–Kier alpha value is -1.41. The van der Waals surface area contributed by atoms with E-state index >= 15 is 0 Å². The molecule has 0 fully saturated rings. The highest BCUT2D eigenvalue weighted by atomic mass is 127. The number of fused-ring (bicyclic) bond motifs is 1. The molecule has 1 heterocycles. The minimum Gasteiger partial charge on any atom is -0.495 e. The fraction of sp³-hybridized carbons (Fsp3) is 0.0714. The molecule has 3 rings (SSSR count). The van der Waals surface area contributed by atoms with E-state index < -0.39 is 0 Å². The summed E-state index contributed by atoms with van der Waals surface area (Å²) in [6.07, 6.45) is 0. The monoisotopic (exact) mass is 400 g/mol. The van der Waals surface area contributed by atoms with Gasteiger partial charge in [0.25, 0.3) is 0 Å². The average molecular weight is 400 g/mol. The molecule has 1 aromatic heterocycles. The molecular formula is C14H10FIN2OS. The summed E-state index contributed by atoms with van der Waals surface area (Å²) in [5.41, 5.74) is 2.27. The number of H-pyrrole nitrogens is 1.